The van der Waals surface area contributed by atoms with Crippen molar-refractivity contribution in [1.29, 1.82) is 0 Å². The summed E-state index contributed by atoms with van der Waals surface area (Å²) < 4.78 is 8.11. The molecule has 2 aliphatic heterocycles. The maximum atomic E-state index is 6.16. The van der Waals surface area contributed by atoms with Crippen molar-refractivity contribution in [1.82, 2.24) is 14.5 Å². The third-order valence-electron chi connectivity index (χ3n) is 4.61. The molecule has 0 aromatic carbocycles. The molecule has 1 fully saturated rings. The van der Waals surface area contributed by atoms with Gasteiger partial charge in [0.25, 0.3) is 0 Å². The fourth-order valence-corrected chi connectivity index (χ4v) is 3.60. The quantitative estimate of drug-likeness (QED) is 0.865. The summed E-state index contributed by atoms with van der Waals surface area (Å²) >= 11 is 0. The zero-order valence-electron chi connectivity index (χ0n) is 11.9. The zero-order chi connectivity index (χ0) is 13.5. The third kappa shape index (κ3) is 2.30. The molecule has 3 rings (SSSR count). The minimum absolute atomic E-state index is 0.0684. The second-order valence-corrected chi connectivity index (χ2v) is 6.42. The standard InChI is InChI=1S/C14H24N4O/c1-13(2)10-14(11-15,3-8-19-13)18-7-6-17-5-4-16-12(17)9-18/h4-5H,3,6-11,15H2,1-2H3. The van der Waals surface area contributed by atoms with Gasteiger partial charge in [-0.15, -0.1) is 0 Å². The lowest BCUT2D eigenvalue weighted by Crippen LogP contribution is -2.61. The number of nitrogens with two attached hydrogens (primary N) is 1. The van der Waals surface area contributed by atoms with Gasteiger partial charge < -0.3 is 15.0 Å². The van der Waals surface area contributed by atoms with Gasteiger partial charge >= 0.3 is 0 Å². The number of nitrogens with zero attached hydrogens (tertiary/aromatic N) is 3. The second-order valence-electron chi connectivity index (χ2n) is 6.42. The van der Waals surface area contributed by atoms with E-state index in [0.717, 1.165) is 44.9 Å². The predicted molar refractivity (Wildman–Crippen MR) is 73.7 cm³/mol. The molecule has 0 amide bonds. The Hall–Kier alpha value is -0.910. The van der Waals surface area contributed by atoms with Crippen LogP contribution in [0.15, 0.2) is 12.4 Å². The first-order chi connectivity index (χ1) is 9.05. The van der Waals surface area contributed by atoms with Gasteiger partial charge in [-0.2, -0.15) is 0 Å². The summed E-state index contributed by atoms with van der Waals surface area (Å²) in [5, 5.41) is 0. The lowest BCUT2D eigenvalue weighted by atomic mass is 9.79. The van der Waals surface area contributed by atoms with Gasteiger partial charge in [-0.05, 0) is 26.7 Å². The summed E-state index contributed by atoms with van der Waals surface area (Å²) in [6.07, 6.45) is 5.97. The third-order valence-corrected chi connectivity index (χ3v) is 4.61. The number of hydrogen-bond donors (Lipinski definition) is 1. The monoisotopic (exact) mass is 264 g/mol. The maximum absolute atomic E-state index is 6.16. The summed E-state index contributed by atoms with van der Waals surface area (Å²) in [6, 6.07) is 0. The first-order valence-corrected chi connectivity index (χ1v) is 7.14. The van der Waals surface area contributed by atoms with Crippen molar-refractivity contribution in [3.8, 4) is 0 Å². The molecule has 19 heavy (non-hydrogen) atoms. The van der Waals surface area contributed by atoms with E-state index >= 15 is 0 Å². The van der Waals surface area contributed by atoms with Gasteiger partial charge in [0.15, 0.2) is 0 Å². The van der Waals surface area contributed by atoms with Crippen LogP contribution in [0.1, 0.15) is 32.5 Å². The Morgan fingerprint density at radius 3 is 3.00 bits per heavy atom. The summed E-state index contributed by atoms with van der Waals surface area (Å²) in [4.78, 5) is 6.98. The molecule has 3 heterocycles. The average Bonchev–Trinajstić information content (AvgIpc) is 2.84. The van der Waals surface area contributed by atoms with Crippen LogP contribution in [0.2, 0.25) is 0 Å². The highest BCUT2D eigenvalue weighted by molar-refractivity contribution is 5.04. The Morgan fingerprint density at radius 2 is 2.26 bits per heavy atom. The summed E-state index contributed by atoms with van der Waals surface area (Å²) in [7, 11) is 0. The highest BCUT2D eigenvalue weighted by Crippen LogP contribution is 2.37. The molecule has 0 aliphatic carbocycles. The van der Waals surface area contributed by atoms with E-state index in [1.165, 1.54) is 0 Å². The number of imidazole rings is 1. The Bertz CT molecular complexity index is 456. The lowest BCUT2D eigenvalue weighted by molar-refractivity contribution is -0.123. The topological polar surface area (TPSA) is 56.3 Å². The second kappa shape index (κ2) is 4.58. The lowest BCUT2D eigenvalue weighted by Gasteiger charge is -2.51. The van der Waals surface area contributed by atoms with Crippen molar-refractivity contribution in [3.05, 3.63) is 18.2 Å². The molecule has 106 valence electrons. The SMILES string of the molecule is CC1(C)CC(CN)(N2CCn3ccnc3C2)CCO1. The minimum atomic E-state index is -0.0789. The van der Waals surface area contributed by atoms with Gasteiger partial charge in [0.1, 0.15) is 5.82 Å². The number of aromatic nitrogens is 2. The molecule has 1 unspecified atom stereocenters. The Kier molecular flexibility index (Phi) is 3.15. The van der Waals surface area contributed by atoms with Crippen molar-refractivity contribution in [2.24, 2.45) is 5.73 Å². The fourth-order valence-electron chi connectivity index (χ4n) is 3.60. The van der Waals surface area contributed by atoms with E-state index in [4.69, 9.17) is 10.5 Å². The van der Waals surface area contributed by atoms with Crippen LogP contribution in [-0.2, 0) is 17.8 Å². The van der Waals surface area contributed by atoms with Crippen LogP contribution in [0.5, 0.6) is 0 Å². The minimum Gasteiger partial charge on any atom is -0.375 e. The van der Waals surface area contributed by atoms with Gasteiger partial charge in [-0.25, -0.2) is 4.98 Å². The maximum Gasteiger partial charge on any atom is 0.122 e. The highest BCUT2D eigenvalue weighted by atomic mass is 16.5. The van der Waals surface area contributed by atoms with Gasteiger partial charge in [0, 0.05) is 44.2 Å². The predicted octanol–water partition coefficient (Wildman–Crippen LogP) is 0.985. The molecule has 2 N–H and O–H groups in total. The largest absolute Gasteiger partial charge is 0.375 e. The molecule has 1 saturated heterocycles. The van der Waals surface area contributed by atoms with Crippen molar-refractivity contribution < 1.29 is 4.74 Å². The summed E-state index contributed by atoms with van der Waals surface area (Å²) in [5.74, 6) is 1.16. The molecule has 0 bridgehead atoms. The molecule has 0 radical (unpaired) electrons. The van der Waals surface area contributed by atoms with E-state index in [0.29, 0.717) is 6.54 Å². The van der Waals surface area contributed by atoms with Crippen molar-refractivity contribution in [2.75, 3.05) is 19.7 Å². The van der Waals surface area contributed by atoms with Gasteiger partial charge in [-0.1, -0.05) is 0 Å². The summed E-state index contributed by atoms with van der Waals surface area (Å²) in [6.45, 7) is 8.80. The van der Waals surface area contributed by atoms with Crippen LogP contribution in [0.4, 0.5) is 0 Å². The Labute approximate surface area is 114 Å². The molecule has 5 heteroatoms. The molecular weight excluding hydrogens is 240 g/mol. The van der Waals surface area contributed by atoms with Gasteiger partial charge in [0.05, 0.1) is 12.1 Å². The Morgan fingerprint density at radius 1 is 1.42 bits per heavy atom. The van der Waals surface area contributed by atoms with E-state index in [1.54, 1.807) is 0 Å². The molecule has 0 saturated carbocycles. The molecule has 5 nitrogen and oxygen atoms in total. The molecule has 0 spiro atoms. The number of ether oxygens (including phenoxy) is 1. The van der Waals surface area contributed by atoms with Crippen molar-refractivity contribution in [3.63, 3.8) is 0 Å². The van der Waals surface area contributed by atoms with Crippen LogP contribution >= 0.6 is 0 Å². The molecule has 1 aromatic heterocycles. The molecule has 2 aliphatic rings. The van der Waals surface area contributed by atoms with Crippen molar-refractivity contribution >= 4 is 0 Å². The number of hydrogen-bond acceptors (Lipinski definition) is 4. The normalized spacial score (nSPS) is 31.1. The summed E-state index contributed by atoms with van der Waals surface area (Å²) in [5.41, 5.74) is 6.15. The van der Waals surface area contributed by atoms with E-state index in [-0.39, 0.29) is 11.1 Å². The zero-order valence-corrected chi connectivity index (χ0v) is 11.9. The van der Waals surface area contributed by atoms with Crippen LogP contribution in [0.25, 0.3) is 0 Å². The molecule has 1 aromatic rings. The van der Waals surface area contributed by atoms with Gasteiger partial charge in [-0.3, -0.25) is 4.90 Å². The molecule has 1 atom stereocenters. The van der Waals surface area contributed by atoms with Gasteiger partial charge in [0.2, 0.25) is 0 Å². The van der Waals surface area contributed by atoms with E-state index in [1.807, 2.05) is 6.20 Å². The Balaban J connectivity index is 1.83. The van der Waals surface area contributed by atoms with Crippen LogP contribution in [-0.4, -0.2) is 45.3 Å². The van der Waals surface area contributed by atoms with Crippen molar-refractivity contribution in [2.45, 2.75) is 50.9 Å². The highest BCUT2D eigenvalue weighted by Gasteiger charge is 2.44. The van der Waals surface area contributed by atoms with E-state index in [2.05, 4.69) is 34.5 Å². The van der Waals surface area contributed by atoms with E-state index in [9.17, 15) is 0 Å². The average molecular weight is 264 g/mol. The van der Waals surface area contributed by atoms with E-state index < -0.39 is 0 Å². The first-order valence-electron chi connectivity index (χ1n) is 7.14. The van der Waals surface area contributed by atoms with Crippen LogP contribution in [0.3, 0.4) is 0 Å². The molecular formula is C14H24N4O. The fraction of sp³-hybridized carbons (Fsp3) is 0.786. The number of rotatable bonds is 2. The smallest absolute Gasteiger partial charge is 0.122 e. The van der Waals surface area contributed by atoms with Crippen LogP contribution < -0.4 is 5.73 Å². The van der Waals surface area contributed by atoms with Crippen LogP contribution in [0, 0.1) is 0 Å². The first kappa shape index (κ1) is 13.1. The number of fused-ring (bicyclic) bond motifs is 1.